The maximum atomic E-state index is 5.78. The molecule has 0 saturated carbocycles. The van der Waals surface area contributed by atoms with Crippen molar-refractivity contribution in [3.8, 4) is 17.0 Å². The zero-order valence-electron chi connectivity index (χ0n) is 19.8. The molecular formula is C24H33N5O3. The summed E-state index contributed by atoms with van der Waals surface area (Å²) in [5, 5.41) is 12.8. The molecule has 1 N–H and O–H groups in total. The molecule has 0 aliphatic carbocycles. The number of ether oxygens (including phenoxy) is 2. The van der Waals surface area contributed by atoms with E-state index in [-0.39, 0.29) is 12.3 Å². The van der Waals surface area contributed by atoms with Crippen LogP contribution in [0.4, 0.5) is 5.82 Å². The van der Waals surface area contributed by atoms with Gasteiger partial charge in [0.1, 0.15) is 11.3 Å². The summed E-state index contributed by atoms with van der Waals surface area (Å²) in [6.07, 6.45) is 1.09. The van der Waals surface area contributed by atoms with Crippen molar-refractivity contribution in [1.29, 1.82) is 0 Å². The van der Waals surface area contributed by atoms with E-state index in [1.165, 1.54) is 0 Å². The highest BCUT2D eigenvalue weighted by Gasteiger charge is 2.30. The first-order chi connectivity index (χ1) is 15.3. The Balaban J connectivity index is 1.53. The van der Waals surface area contributed by atoms with Gasteiger partial charge in [0.2, 0.25) is 0 Å². The number of aromatic nitrogens is 3. The second-order valence-corrected chi connectivity index (χ2v) is 9.33. The Labute approximate surface area is 189 Å². The molecule has 1 unspecified atom stereocenters. The fourth-order valence-corrected chi connectivity index (χ4v) is 3.93. The summed E-state index contributed by atoms with van der Waals surface area (Å²) in [6.45, 7) is 12.9. The van der Waals surface area contributed by atoms with Crippen LogP contribution < -0.4 is 15.0 Å². The lowest BCUT2D eigenvalue weighted by Gasteiger charge is -2.34. The largest absolute Gasteiger partial charge is 0.467 e. The van der Waals surface area contributed by atoms with Crippen LogP contribution in [0.5, 0.6) is 5.75 Å². The zero-order valence-corrected chi connectivity index (χ0v) is 19.8. The van der Waals surface area contributed by atoms with Crippen LogP contribution in [0.3, 0.4) is 0 Å². The maximum absolute atomic E-state index is 5.78. The molecule has 0 bridgehead atoms. The Hall–Kier alpha value is -2.71. The van der Waals surface area contributed by atoms with Gasteiger partial charge in [-0.25, -0.2) is 4.98 Å². The van der Waals surface area contributed by atoms with Gasteiger partial charge in [0.15, 0.2) is 24.1 Å². The van der Waals surface area contributed by atoms with Crippen molar-refractivity contribution >= 4 is 16.9 Å². The lowest BCUT2D eigenvalue weighted by molar-refractivity contribution is 0.0516. The number of fused-ring (bicyclic) bond motifs is 1. The molecule has 172 valence electrons. The van der Waals surface area contributed by atoms with Gasteiger partial charge in [-0.15, -0.1) is 10.2 Å². The highest BCUT2D eigenvalue weighted by Crippen LogP contribution is 2.34. The Morgan fingerprint density at radius 1 is 1.25 bits per heavy atom. The molecule has 2 aromatic heterocycles. The van der Waals surface area contributed by atoms with E-state index in [9.17, 15) is 0 Å². The van der Waals surface area contributed by atoms with Crippen LogP contribution >= 0.6 is 0 Å². The van der Waals surface area contributed by atoms with Crippen LogP contribution in [0.25, 0.3) is 22.4 Å². The summed E-state index contributed by atoms with van der Waals surface area (Å²) >= 11 is 0. The van der Waals surface area contributed by atoms with Gasteiger partial charge in [0, 0.05) is 50.3 Å². The Kier molecular flexibility index (Phi) is 6.35. The third-order valence-electron chi connectivity index (χ3n) is 6.39. The van der Waals surface area contributed by atoms with Crippen LogP contribution in [0.2, 0.25) is 0 Å². The lowest BCUT2D eigenvalue weighted by Crippen LogP contribution is -2.50. The summed E-state index contributed by atoms with van der Waals surface area (Å²) in [7, 11) is 1.59. The molecule has 3 heterocycles. The molecule has 1 aromatic carbocycles. The summed E-state index contributed by atoms with van der Waals surface area (Å²) in [4.78, 5) is 6.68. The van der Waals surface area contributed by atoms with E-state index in [1.807, 2.05) is 31.2 Å². The summed E-state index contributed by atoms with van der Waals surface area (Å²) in [5.74, 6) is 2.69. The van der Waals surface area contributed by atoms with Crippen molar-refractivity contribution in [2.75, 3.05) is 31.9 Å². The van der Waals surface area contributed by atoms with Gasteiger partial charge in [-0.05, 0) is 44.4 Å². The van der Waals surface area contributed by atoms with Gasteiger partial charge in [0.25, 0.3) is 0 Å². The van der Waals surface area contributed by atoms with Crippen LogP contribution in [-0.2, 0) is 4.74 Å². The number of anilines is 1. The van der Waals surface area contributed by atoms with E-state index in [4.69, 9.17) is 13.9 Å². The van der Waals surface area contributed by atoms with Gasteiger partial charge in [-0.2, -0.15) is 0 Å². The number of nitrogens with zero attached hydrogens (tertiary/aromatic N) is 4. The average molecular weight is 440 g/mol. The molecular weight excluding hydrogens is 406 g/mol. The van der Waals surface area contributed by atoms with Gasteiger partial charge in [0.05, 0.1) is 5.69 Å². The molecule has 3 aromatic rings. The van der Waals surface area contributed by atoms with Crippen molar-refractivity contribution < 1.29 is 13.9 Å². The Morgan fingerprint density at radius 3 is 2.75 bits per heavy atom. The number of oxazole rings is 1. The molecule has 0 radical (unpaired) electrons. The average Bonchev–Trinajstić information content (AvgIpc) is 3.36. The van der Waals surface area contributed by atoms with Gasteiger partial charge in [-0.1, -0.05) is 13.8 Å². The Morgan fingerprint density at radius 2 is 2.06 bits per heavy atom. The predicted octanol–water partition coefficient (Wildman–Crippen LogP) is 4.18. The van der Waals surface area contributed by atoms with E-state index in [2.05, 4.69) is 53.1 Å². The smallest absolute Gasteiger partial charge is 0.192 e. The normalized spacial score (nSPS) is 17.0. The van der Waals surface area contributed by atoms with Crippen LogP contribution in [0.15, 0.2) is 28.7 Å². The first-order valence-electron chi connectivity index (χ1n) is 11.2. The molecule has 1 fully saturated rings. The van der Waals surface area contributed by atoms with E-state index in [0.29, 0.717) is 34.9 Å². The van der Waals surface area contributed by atoms with Crippen molar-refractivity contribution in [3.05, 3.63) is 30.2 Å². The molecule has 0 spiro atoms. The van der Waals surface area contributed by atoms with Crippen LogP contribution in [-0.4, -0.2) is 53.8 Å². The van der Waals surface area contributed by atoms with E-state index >= 15 is 0 Å². The molecule has 4 rings (SSSR count). The minimum absolute atomic E-state index is 0.104. The zero-order chi connectivity index (χ0) is 22.9. The Bertz CT molecular complexity index is 1060. The number of rotatable bonds is 8. The summed E-state index contributed by atoms with van der Waals surface area (Å²) < 4.78 is 16.6. The standard InChI is InChI=1S/C24H33N5O3/c1-15(2)24(4,5)26-17-9-10-29(13-17)23-8-7-19(27-28-23)18-11-22-20(25-16(3)32-22)12-21(18)31-14-30-6/h7-8,11-12,15,17,26H,9-10,13-14H2,1-6H3. The number of aryl methyl sites for hydroxylation is 1. The SMILES string of the molecule is COCOc1cc2nc(C)oc2cc1-c1ccc(N2CCC(NC(C)(C)C(C)C)C2)nn1. The van der Waals surface area contributed by atoms with E-state index in [1.54, 1.807) is 7.11 Å². The monoisotopic (exact) mass is 439 g/mol. The van der Waals surface area contributed by atoms with Gasteiger partial charge < -0.3 is 24.1 Å². The number of nitrogens with one attached hydrogen (secondary N) is 1. The number of methoxy groups -OCH3 is 1. The lowest BCUT2D eigenvalue weighted by atomic mass is 9.90. The molecule has 8 heteroatoms. The van der Waals surface area contributed by atoms with Crippen molar-refractivity contribution in [2.45, 2.75) is 52.6 Å². The van der Waals surface area contributed by atoms with Crippen LogP contribution in [0.1, 0.15) is 40.0 Å². The van der Waals surface area contributed by atoms with Crippen molar-refractivity contribution in [3.63, 3.8) is 0 Å². The topological polar surface area (TPSA) is 85.5 Å². The number of hydrogen-bond donors (Lipinski definition) is 1. The first-order valence-corrected chi connectivity index (χ1v) is 11.2. The molecule has 1 aliphatic rings. The van der Waals surface area contributed by atoms with E-state index in [0.717, 1.165) is 36.4 Å². The molecule has 32 heavy (non-hydrogen) atoms. The number of benzene rings is 1. The molecule has 1 saturated heterocycles. The molecule has 0 amide bonds. The van der Waals surface area contributed by atoms with E-state index < -0.39 is 0 Å². The summed E-state index contributed by atoms with van der Waals surface area (Å²) in [5.41, 5.74) is 3.04. The highest BCUT2D eigenvalue weighted by atomic mass is 16.7. The van der Waals surface area contributed by atoms with Gasteiger partial charge >= 0.3 is 0 Å². The minimum atomic E-state index is 0.104. The fourth-order valence-electron chi connectivity index (χ4n) is 3.93. The predicted molar refractivity (Wildman–Crippen MR) is 125 cm³/mol. The van der Waals surface area contributed by atoms with Crippen molar-refractivity contribution in [2.24, 2.45) is 5.92 Å². The molecule has 1 atom stereocenters. The van der Waals surface area contributed by atoms with Crippen LogP contribution in [0, 0.1) is 12.8 Å². The van der Waals surface area contributed by atoms with Gasteiger partial charge in [-0.3, -0.25) is 0 Å². The minimum Gasteiger partial charge on any atom is -0.467 e. The summed E-state index contributed by atoms with van der Waals surface area (Å²) in [6, 6.07) is 8.19. The molecule has 1 aliphatic heterocycles. The first kappa shape index (κ1) is 22.5. The highest BCUT2D eigenvalue weighted by molar-refractivity contribution is 5.84. The third kappa shape index (κ3) is 4.71. The molecule has 8 nitrogen and oxygen atoms in total. The second-order valence-electron chi connectivity index (χ2n) is 9.33. The maximum Gasteiger partial charge on any atom is 0.192 e. The quantitative estimate of drug-likeness (QED) is 0.523. The van der Waals surface area contributed by atoms with Crippen molar-refractivity contribution in [1.82, 2.24) is 20.5 Å². The number of hydrogen-bond acceptors (Lipinski definition) is 8. The second kappa shape index (κ2) is 9.03. The third-order valence-corrected chi connectivity index (χ3v) is 6.39. The fraction of sp³-hybridized carbons (Fsp3) is 0.542.